The van der Waals surface area contributed by atoms with Gasteiger partial charge in [0.05, 0.1) is 6.54 Å². The summed E-state index contributed by atoms with van der Waals surface area (Å²) in [5.74, 6) is 6.22. The zero-order valence-corrected chi connectivity index (χ0v) is 13.5. The molecule has 0 aliphatic heterocycles. The fraction of sp³-hybridized carbons (Fsp3) is 0.267. The number of hydrogen-bond donors (Lipinski definition) is 4. The molecule has 1 atom stereocenters. The SMILES string of the molecule is Cn1c(=O)[nH]c(=O)c2c1nc(NN)n2CC(O)COc1ccccc1. The van der Waals surface area contributed by atoms with Gasteiger partial charge in [0.2, 0.25) is 5.95 Å². The Morgan fingerprint density at radius 1 is 1.36 bits per heavy atom. The molecule has 0 saturated carbocycles. The van der Waals surface area contributed by atoms with Gasteiger partial charge in [-0.05, 0) is 12.1 Å². The molecule has 25 heavy (non-hydrogen) atoms. The van der Waals surface area contributed by atoms with E-state index in [-0.39, 0.29) is 30.3 Å². The number of aliphatic hydroxyl groups is 1. The molecule has 0 aliphatic rings. The second kappa shape index (κ2) is 6.79. The van der Waals surface area contributed by atoms with Crippen LogP contribution in [0, 0.1) is 0 Å². The molecular formula is C15H18N6O4. The molecule has 10 nitrogen and oxygen atoms in total. The highest BCUT2D eigenvalue weighted by atomic mass is 16.5. The number of nitrogen functional groups attached to an aromatic ring is 1. The summed E-state index contributed by atoms with van der Waals surface area (Å²) in [5.41, 5.74) is 1.48. The lowest BCUT2D eigenvalue weighted by atomic mass is 10.3. The summed E-state index contributed by atoms with van der Waals surface area (Å²) < 4.78 is 8.10. The summed E-state index contributed by atoms with van der Waals surface area (Å²) in [5, 5.41) is 10.3. The first kappa shape index (κ1) is 16.7. The lowest BCUT2D eigenvalue weighted by Gasteiger charge is -2.15. The predicted octanol–water partition coefficient (Wildman–Crippen LogP) is -0.851. The second-order valence-electron chi connectivity index (χ2n) is 5.46. The Labute approximate surface area is 141 Å². The Kier molecular flexibility index (Phi) is 4.55. The number of aromatic nitrogens is 4. The second-order valence-corrected chi connectivity index (χ2v) is 5.46. The van der Waals surface area contributed by atoms with Crippen LogP contribution >= 0.6 is 0 Å². The minimum atomic E-state index is -0.929. The minimum absolute atomic E-state index is 0.00412. The number of nitrogens with two attached hydrogens (primary N) is 1. The van der Waals surface area contributed by atoms with Crippen molar-refractivity contribution >= 4 is 17.1 Å². The number of aromatic amines is 1. The van der Waals surface area contributed by atoms with Crippen molar-refractivity contribution in [1.82, 2.24) is 19.1 Å². The molecule has 10 heteroatoms. The molecule has 1 aromatic carbocycles. The van der Waals surface area contributed by atoms with Gasteiger partial charge in [0.25, 0.3) is 5.56 Å². The van der Waals surface area contributed by atoms with Crippen LogP contribution in [0.15, 0.2) is 39.9 Å². The smallest absolute Gasteiger partial charge is 0.329 e. The number of para-hydroxylation sites is 1. The first-order chi connectivity index (χ1) is 12.0. The number of rotatable bonds is 6. The zero-order chi connectivity index (χ0) is 18.0. The summed E-state index contributed by atoms with van der Waals surface area (Å²) in [6.07, 6.45) is -0.929. The molecule has 1 unspecified atom stereocenters. The average Bonchev–Trinajstić information content (AvgIpc) is 2.98. The third-order valence-electron chi connectivity index (χ3n) is 3.72. The van der Waals surface area contributed by atoms with Crippen molar-refractivity contribution in [1.29, 1.82) is 0 Å². The van der Waals surface area contributed by atoms with Crippen molar-refractivity contribution in [3.05, 3.63) is 51.2 Å². The number of hydrazine groups is 1. The largest absolute Gasteiger partial charge is 0.491 e. The molecule has 5 N–H and O–H groups in total. The van der Waals surface area contributed by atoms with Gasteiger partial charge >= 0.3 is 5.69 Å². The third kappa shape index (κ3) is 3.25. The monoisotopic (exact) mass is 346 g/mol. The van der Waals surface area contributed by atoms with Crippen molar-refractivity contribution in [2.45, 2.75) is 12.6 Å². The fourth-order valence-corrected chi connectivity index (χ4v) is 2.50. The van der Waals surface area contributed by atoms with Crippen LogP contribution in [0.25, 0.3) is 11.2 Å². The highest BCUT2D eigenvalue weighted by molar-refractivity contribution is 5.74. The van der Waals surface area contributed by atoms with E-state index in [4.69, 9.17) is 10.6 Å². The van der Waals surface area contributed by atoms with Gasteiger partial charge in [-0.15, -0.1) is 0 Å². The lowest BCUT2D eigenvalue weighted by molar-refractivity contribution is 0.0938. The Hall–Kier alpha value is -3.11. The maximum Gasteiger partial charge on any atom is 0.329 e. The fourth-order valence-electron chi connectivity index (χ4n) is 2.50. The van der Waals surface area contributed by atoms with Crippen molar-refractivity contribution in [3.63, 3.8) is 0 Å². The van der Waals surface area contributed by atoms with Gasteiger partial charge in [-0.25, -0.2) is 10.6 Å². The van der Waals surface area contributed by atoms with E-state index in [0.29, 0.717) is 5.75 Å². The Morgan fingerprint density at radius 3 is 2.76 bits per heavy atom. The van der Waals surface area contributed by atoms with Crippen LogP contribution in [-0.4, -0.2) is 36.9 Å². The van der Waals surface area contributed by atoms with Crippen molar-refractivity contribution in [2.75, 3.05) is 12.0 Å². The van der Waals surface area contributed by atoms with Crippen LogP contribution in [0.4, 0.5) is 5.95 Å². The van der Waals surface area contributed by atoms with Gasteiger partial charge in [-0.3, -0.25) is 19.8 Å². The number of aryl methyl sites for hydroxylation is 1. The van der Waals surface area contributed by atoms with E-state index in [9.17, 15) is 14.7 Å². The minimum Gasteiger partial charge on any atom is -0.491 e. The molecule has 0 radical (unpaired) electrons. The highest BCUT2D eigenvalue weighted by Gasteiger charge is 2.19. The number of anilines is 1. The first-order valence-corrected chi connectivity index (χ1v) is 7.53. The van der Waals surface area contributed by atoms with Crippen LogP contribution < -0.4 is 27.3 Å². The number of aliphatic hydroxyl groups excluding tert-OH is 1. The van der Waals surface area contributed by atoms with Crippen LogP contribution in [-0.2, 0) is 13.6 Å². The van der Waals surface area contributed by atoms with Gasteiger partial charge in [0.1, 0.15) is 18.5 Å². The van der Waals surface area contributed by atoms with E-state index in [1.807, 2.05) is 18.2 Å². The lowest BCUT2D eigenvalue weighted by Crippen LogP contribution is -2.31. The standard InChI is InChI=1S/C15H18N6O4/c1-20-12-11(13(23)18-15(20)24)21(14(17-12)19-16)7-9(22)8-25-10-5-3-2-4-6-10/h2-6,9,22H,7-8,16H2,1H3,(H,17,19)(H,18,23,24). The van der Waals surface area contributed by atoms with Crippen LogP contribution in [0.3, 0.4) is 0 Å². The summed E-state index contributed by atoms with van der Waals surface area (Å²) in [6.45, 7) is 0.0154. The number of ether oxygens (including phenoxy) is 1. The van der Waals surface area contributed by atoms with Gasteiger partial charge in [-0.1, -0.05) is 18.2 Å². The summed E-state index contributed by atoms with van der Waals surface area (Å²) in [4.78, 5) is 30.2. The average molecular weight is 346 g/mol. The molecule has 0 aliphatic carbocycles. The third-order valence-corrected chi connectivity index (χ3v) is 3.72. The number of imidazole rings is 1. The molecule has 0 amide bonds. The number of benzene rings is 1. The van der Waals surface area contributed by atoms with Crippen molar-refractivity contribution < 1.29 is 9.84 Å². The number of hydrogen-bond acceptors (Lipinski definition) is 7. The summed E-state index contributed by atoms with van der Waals surface area (Å²) >= 11 is 0. The maximum absolute atomic E-state index is 12.2. The van der Waals surface area contributed by atoms with E-state index < -0.39 is 17.4 Å². The van der Waals surface area contributed by atoms with Gasteiger partial charge in [-0.2, -0.15) is 4.98 Å². The van der Waals surface area contributed by atoms with Gasteiger partial charge in [0.15, 0.2) is 11.2 Å². The molecule has 3 aromatic rings. The van der Waals surface area contributed by atoms with Gasteiger partial charge in [0, 0.05) is 7.05 Å². The number of nitrogens with zero attached hydrogens (tertiary/aromatic N) is 3. The Bertz CT molecular complexity index is 991. The number of H-pyrrole nitrogens is 1. The van der Waals surface area contributed by atoms with E-state index in [0.717, 1.165) is 0 Å². The van der Waals surface area contributed by atoms with E-state index in [1.165, 1.54) is 16.2 Å². The normalized spacial score (nSPS) is 12.3. The van der Waals surface area contributed by atoms with Crippen LogP contribution in [0.2, 0.25) is 0 Å². The summed E-state index contributed by atoms with van der Waals surface area (Å²) in [7, 11) is 1.48. The molecule has 2 aromatic heterocycles. The summed E-state index contributed by atoms with van der Waals surface area (Å²) in [6, 6.07) is 9.04. The predicted molar refractivity (Wildman–Crippen MR) is 91.3 cm³/mol. The topological polar surface area (TPSA) is 140 Å². The Balaban J connectivity index is 1.89. The van der Waals surface area contributed by atoms with Crippen LogP contribution in [0.5, 0.6) is 5.75 Å². The van der Waals surface area contributed by atoms with E-state index in [2.05, 4.69) is 15.4 Å². The van der Waals surface area contributed by atoms with E-state index >= 15 is 0 Å². The molecule has 2 heterocycles. The molecule has 0 fully saturated rings. The molecule has 3 rings (SSSR count). The molecule has 0 saturated heterocycles. The first-order valence-electron chi connectivity index (χ1n) is 7.53. The quantitative estimate of drug-likeness (QED) is 0.336. The maximum atomic E-state index is 12.2. The number of nitrogens with one attached hydrogen (secondary N) is 2. The zero-order valence-electron chi connectivity index (χ0n) is 13.5. The molecule has 0 bridgehead atoms. The van der Waals surface area contributed by atoms with Crippen molar-refractivity contribution in [2.24, 2.45) is 12.9 Å². The molecular weight excluding hydrogens is 328 g/mol. The molecule has 0 spiro atoms. The molecule has 132 valence electrons. The highest BCUT2D eigenvalue weighted by Crippen LogP contribution is 2.15. The van der Waals surface area contributed by atoms with E-state index in [1.54, 1.807) is 12.1 Å². The van der Waals surface area contributed by atoms with Gasteiger partial charge < -0.3 is 14.4 Å². The Morgan fingerprint density at radius 2 is 2.08 bits per heavy atom. The van der Waals surface area contributed by atoms with Crippen LogP contribution in [0.1, 0.15) is 0 Å². The number of fused-ring (bicyclic) bond motifs is 1. The van der Waals surface area contributed by atoms with Crippen molar-refractivity contribution in [3.8, 4) is 5.75 Å².